The second kappa shape index (κ2) is 9.76. The van der Waals surface area contributed by atoms with Crippen molar-refractivity contribution in [3.8, 4) is 34.7 Å². The lowest BCUT2D eigenvalue weighted by atomic mass is 9.97. The zero-order chi connectivity index (χ0) is 25.0. The Morgan fingerprint density at radius 2 is 2.00 bits per heavy atom. The first-order valence-corrected chi connectivity index (χ1v) is 10.4. The van der Waals surface area contributed by atoms with Crippen LogP contribution in [0, 0.1) is 16.7 Å². The molecule has 0 aliphatic heterocycles. The Labute approximate surface area is 199 Å². The molecule has 0 radical (unpaired) electrons. The molecule has 0 bridgehead atoms. The molecule has 4 heterocycles. The van der Waals surface area contributed by atoms with Gasteiger partial charge in [0, 0.05) is 36.2 Å². The van der Waals surface area contributed by atoms with Crippen molar-refractivity contribution in [2.75, 3.05) is 19.0 Å². The zero-order valence-corrected chi connectivity index (χ0v) is 19.1. The van der Waals surface area contributed by atoms with Crippen LogP contribution in [0.2, 0.25) is 0 Å². The minimum Gasteiger partial charge on any atom is -0.490 e. The molecule has 4 aromatic heterocycles. The molecule has 12 heteroatoms. The maximum absolute atomic E-state index is 12.8. The molecule has 0 fully saturated rings. The number of rotatable bonds is 9. The molecule has 0 aliphatic carbocycles. The monoisotopic (exact) mass is 481 g/mol. The highest BCUT2D eigenvalue weighted by Crippen LogP contribution is 2.34. The number of nitrogens with one attached hydrogen (secondary N) is 1. The van der Waals surface area contributed by atoms with Crippen LogP contribution in [0.3, 0.4) is 0 Å². The number of nitrogens with zero attached hydrogens (tertiary/aromatic N) is 6. The van der Waals surface area contributed by atoms with Crippen molar-refractivity contribution in [3.05, 3.63) is 48.9 Å². The van der Waals surface area contributed by atoms with Gasteiger partial charge in [-0.15, -0.1) is 0 Å². The summed E-state index contributed by atoms with van der Waals surface area (Å²) in [5.74, 6) is 1.26. The Morgan fingerprint density at radius 3 is 2.74 bits per heavy atom. The minimum absolute atomic E-state index is 0.0801. The van der Waals surface area contributed by atoms with E-state index in [9.17, 15) is 14.0 Å². The molecule has 4 rings (SSSR count). The predicted octanol–water partition coefficient (Wildman–Crippen LogP) is 4.47. The molecule has 1 N–H and O–H groups in total. The van der Waals surface area contributed by atoms with Crippen molar-refractivity contribution in [3.63, 3.8) is 0 Å². The SMILES string of the molecule is COc1ccnc(Nc2cc3cc(-c4cc(OC(F)F)ncc4OCC(C)(C)C#N)ccn3n2)n1. The van der Waals surface area contributed by atoms with Crippen LogP contribution in [0.5, 0.6) is 17.5 Å². The molecule has 0 unspecified atom stereocenters. The van der Waals surface area contributed by atoms with Crippen molar-refractivity contribution >= 4 is 17.3 Å². The number of aromatic nitrogens is 5. The number of nitriles is 1. The molecular formula is C23H21F2N7O3. The van der Waals surface area contributed by atoms with E-state index in [1.807, 2.05) is 0 Å². The van der Waals surface area contributed by atoms with Gasteiger partial charge in [-0.3, -0.25) is 0 Å². The number of anilines is 2. The molecule has 4 aromatic rings. The Morgan fingerprint density at radius 1 is 1.17 bits per heavy atom. The number of halogens is 2. The summed E-state index contributed by atoms with van der Waals surface area (Å²) < 4.78 is 42.6. The summed E-state index contributed by atoms with van der Waals surface area (Å²) in [5.41, 5.74) is 1.06. The fourth-order valence-electron chi connectivity index (χ4n) is 3.06. The van der Waals surface area contributed by atoms with Crippen molar-refractivity contribution in [2.45, 2.75) is 20.5 Å². The van der Waals surface area contributed by atoms with E-state index < -0.39 is 12.0 Å². The van der Waals surface area contributed by atoms with Crippen LogP contribution < -0.4 is 19.5 Å². The van der Waals surface area contributed by atoms with Gasteiger partial charge in [0.15, 0.2) is 5.82 Å². The van der Waals surface area contributed by atoms with Crippen LogP contribution in [0.1, 0.15) is 13.8 Å². The zero-order valence-electron chi connectivity index (χ0n) is 19.1. The van der Waals surface area contributed by atoms with Gasteiger partial charge in [0.25, 0.3) is 0 Å². The van der Waals surface area contributed by atoms with E-state index in [1.54, 1.807) is 55.0 Å². The third-order valence-corrected chi connectivity index (χ3v) is 4.80. The van der Waals surface area contributed by atoms with Gasteiger partial charge in [0.05, 0.1) is 30.3 Å². The lowest BCUT2D eigenvalue weighted by molar-refractivity contribution is -0.0528. The summed E-state index contributed by atoms with van der Waals surface area (Å²) in [6.07, 6.45) is 4.56. The fourth-order valence-corrected chi connectivity index (χ4v) is 3.06. The summed E-state index contributed by atoms with van der Waals surface area (Å²) in [4.78, 5) is 12.2. The number of pyridine rings is 2. The lowest BCUT2D eigenvalue weighted by Gasteiger charge is -2.18. The highest BCUT2D eigenvalue weighted by atomic mass is 19.3. The molecule has 0 atom stereocenters. The highest BCUT2D eigenvalue weighted by molar-refractivity contribution is 5.75. The molecule has 0 saturated carbocycles. The van der Waals surface area contributed by atoms with Crippen LogP contribution in [0.25, 0.3) is 16.6 Å². The van der Waals surface area contributed by atoms with Crippen LogP contribution in [0.4, 0.5) is 20.5 Å². The lowest BCUT2D eigenvalue weighted by Crippen LogP contribution is -2.19. The third kappa shape index (κ3) is 5.70. The summed E-state index contributed by atoms with van der Waals surface area (Å²) in [6.45, 7) is 0.515. The molecule has 35 heavy (non-hydrogen) atoms. The maximum atomic E-state index is 12.8. The van der Waals surface area contributed by atoms with Crippen molar-refractivity contribution in [2.24, 2.45) is 5.41 Å². The first-order chi connectivity index (χ1) is 16.8. The molecule has 0 amide bonds. The summed E-state index contributed by atoms with van der Waals surface area (Å²) in [5, 5.41) is 16.7. The Bertz CT molecular complexity index is 1390. The number of hydrogen-bond donors (Lipinski definition) is 1. The highest BCUT2D eigenvalue weighted by Gasteiger charge is 2.20. The normalized spacial score (nSPS) is 11.3. The Balaban J connectivity index is 1.67. The van der Waals surface area contributed by atoms with Crippen LogP contribution >= 0.6 is 0 Å². The number of methoxy groups -OCH3 is 1. The van der Waals surface area contributed by atoms with E-state index in [0.717, 1.165) is 0 Å². The van der Waals surface area contributed by atoms with E-state index in [0.29, 0.717) is 40.0 Å². The third-order valence-electron chi connectivity index (χ3n) is 4.80. The smallest absolute Gasteiger partial charge is 0.388 e. The second-order valence-electron chi connectivity index (χ2n) is 8.04. The standard InChI is InChI=1S/C23H21F2N7O3/c1-23(2,12-26)13-34-17-11-28-20(35-21(24)25)10-16(17)14-5-7-32-15(8-14)9-18(31-32)29-22-27-6-4-19(30-22)33-3/h4-11,21H,13H2,1-3H3,(H,27,29,30,31). The molecule has 0 aromatic carbocycles. The molecule has 0 spiro atoms. The van der Waals surface area contributed by atoms with E-state index in [4.69, 9.17) is 9.47 Å². The predicted molar refractivity (Wildman–Crippen MR) is 122 cm³/mol. The van der Waals surface area contributed by atoms with Crippen LogP contribution in [-0.2, 0) is 0 Å². The molecule has 10 nitrogen and oxygen atoms in total. The second-order valence-corrected chi connectivity index (χ2v) is 8.04. The molecular weight excluding hydrogens is 460 g/mol. The van der Waals surface area contributed by atoms with Gasteiger partial charge in [-0.25, -0.2) is 14.5 Å². The Kier molecular flexibility index (Phi) is 6.59. The van der Waals surface area contributed by atoms with E-state index in [-0.39, 0.29) is 12.5 Å². The largest absolute Gasteiger partial charge is 0.490 e. The maximum Gasteiger partial charge on any atom is 0.388 e. The summed E-state index contributed by atoms with van der Waals surface area (Å²) >= 11 is 0. The topological polar surface area (TPSA) is 119 Å². The minimum atomic E-state index is -3.02. The Hall–Kier alpha value is -4.53. The number of ether oxygens (including phenoxy) is 3. The summed E-state index contributed by atoms with van der Waals surface area (Å²) in [6, 6.07) is 10.5. The molecule has 0 saturated heterocycles. The van der Waals surface area contributed by atoms with Gasteiger partial charge in [-0.05, 0) is 31.5 Å². The first-order valence-electron chi connectivity index (χ1n) is 10.4. The number of hydrogen-bond acceptors (Lipinski definition) is 9. The van der Waals surface area contributed by atoms with Gasteiger partial charge in [-0.2, -0.15) is 24.1 Å². The van der Waals surface area contributed by atoms with Gasteiger partial charge in [-0.1, -0.05) is 0 Å². The van der Waals surface area contributed by atoms with Crippen molar-refractivity contribution in [1.82, 2.24) is 24.6 Å². The quantitative estimate of drug-likeness (QED) is 0.369. The van der Waals surface area contributed by atoms with Gasteiger partial charge < -0.3 is 19.5 Å². The van der Waals surface area contributed by atoms with Crippen molar-refractivity contribution < 1.29 is 23.0 Å². The van der Waals surface area contributed by atoms with Gasteiger partial charge in [0.1, 0.15) is 12.4 Å². The average molecular weight is 481 g/mol. The molecule has 180 valence electrons. The van der Waals surface area contributed by atoms with Gasteiger partial charge >= 0.3 is 6.61 Å². The number of fused-ring (bicyclic) bond motifs is 1. The van der Waals surface area contributed by atoms with Gasteiger partial charge in [0.2, 0.25) is 17.7 Å². The van der Waals surface area contributed by atoms with Crippen LogP contribution in [-0.4, -0.2) is 44.9 Å². The fraction of sp³-hybridized carbons (Fsp3) is 0.261. The van der Waals surface area contributed by atoms with Crippen LogP contribution in [0.15, 0.2) is 48.9 Å². The first kappa shape index (κ1) is 23.6. The van der Waals surface area contributed by atoms with Crippen molar-refractivity contribution in [1.29, 1.82) is 5.26 Å². The number of alkyl halides is 2. The van der Waals surface area contributed by atoms with E-state index in [1.165, 1.54) is 19.4 Å². The molecule has 0 aliphatic rings. The summed E-state index contributed by atoms with van der Waals surface area (Å²) in [7, 11) is 1.51. The van der Waals surface area contributed by atoms with E-state index in [2.05, 4.69) is 36.2 Å². The average Bonchev–Trinajstić information content (AvgIpc) is 3.24. The van der Waals surface area contributed by atoms with E-state index >= 15 is 0 Å².